The second-order valence-electron chi connectivity index (χ2n) is 5.61. The van der Waals surface area contributed by atoms with Gasteiger partial charge >= 0.3 is 0 Å². The zero-order chi connectivity index (χ0) is 14.4. The molecule has 1 aromatic carbocycles. The third-order valence-corrected chi connectivity index (χ3v) is 3.70. The van der Waals surface area contributed by atoms with Crippen LogP contribution in [0.15, 0.2) is 18.2 Å². The quantitative estimate of drug-likeness (QED) is 0.723. The molecular formula is C17H25ClNO2-. The van der Waals surface area contributed by atoms with Gasteiger partial charge in [0.15, 0.2) is 5.78 Å². The average Bonchev–Trinajstić information content (AvgIpc) is 2.46. The Balaban J connectivity index is 0.00000220. The number of ether oxygens (including phenoxy) is 1. The summed E-state index contributed by atoms with van der Waals surface area (Å²) >= 11 is 0. The van der Waals surface area contributed by atoms with Gasteiger partial charge in [-0.3, -0.25) is 9.69 Å². The summed E-state index contributed by atoms with van der Waals surface area (Å²) in [7, 11) is 0. The van der Waals surface area contributed by atoms with Gasteiger partial charge in [-0.05, 0) is 63.0 Å². The molecule has 0 aliphatic carbocycles. The van der Waals surface area contributed by atoms with Crippen LogP contribution in [0.1, 0.15) is 55.5 Å². The maximum Gasteiger partial charge on any atom is 0.159 e. The molecule has 1 heterocycles. The average molecular weight is 311 g/mol. The standard InChI is InChI=1S/C17H25NO2.ClH/c1-3-9-20-17-11-15(10-16(12-17)14(2)19)13-18-7-5-4-6-8-18;/h10-12H,3-9,13H2,1-2H3;1H/p-1. The van der Waals surface area contributed by atoms with Gasteiger partial charge in [0.1, 0.15) is 5.75 Å². The first-order valence-electron chi connectivity index (χ1n) is 7.69. The molecule has 0 unspecified atom stereocenters. The van der Waals surface area contributed by atoms with E-state index in [0.717, 1.165) is 37.4 Å². The molecule has 1 aromatic rings. The van der Waals surface area contributed by atoms with E-state index in [-0.39, 0.29) is 18.2 Å². The summed E-state index contributed by atoms with van der Waals surface area (Å²) in [4.78, 5) is 14.1. The predicted molar refractivity (Wildman–Crippen MR) is 81.4 cm³/mol. The van der Waals surface area contributed by atoms with Crippen LogP contribution in [0.25, 0.3) is 0 Å². The summed E-state index contributed by atoms with van der Waals surface area (Å²) in [6, 6.07) is 5.95. The number of hydrogen-bond acceptors (Lipinski definition) is 3. The molecular weight excluding hydrogens is 286 g/mol. The summed E-state index contributed by atoms with van der Waals surface area (Å²) in [5, 5.41) is 0. The van der Waals surface area contributed by atoms with Gasteiger partial charge in [0.25, 0.3) is 0 Å². The highest BCUT2D eigenvalue weighted by molar-refractivity contribution is 5.94. The van der Waals surface area contributed by atoms with E-state index in [1.54, 1.807) is 6.92 Å². The molecule has 2 rings (SSSR count). The van der Waals surface area contributed by atoms with Gasteiger partial charge in [0, 0.05) is 12.1 Å². The Kier molecular flexibility index (Phi) is 7.76. The SMILES string of the molecule is CCCOc1cc(CN2CCCCC2)cc(C(C)=O)c1.[Cl-]. The number of halogens is 1. The maximum atomic E-state index is 11.6. The fourth-order valence-electron chi connectivity index (χ4n) is 2.63. The van der Waals surface area contributed by atoms with Crippen molar-refractivity contribution in [2.45, 2.75) is 46.1 Å². The Bertz CT molecular complexity index is 456. The predicted octanol–water partition coefficient (Wildman–Crippen LogP) is 0.668. The van der Waals surface area contributed by atoms with Gasteiger partial charge < -0.3 is 17.1 Å². The van der Waals surface area contributed by atoms with Crippen LogP contribution < -0.4 is 17.1 Å². The van der Waals surface area contributed by atoms with Crippen LogP contribution in [-0.4, -0.2) is 30.4 Å². The van der Waals surface area contributed by atoms with E-state index in [1.165, 1.54) is 24.8 Å². The van der Waals surface area contributed by atoms with Crippen LogP contribution in [0.5, 0.6) is 5.75 Å². The Morgan fingerprint density at radius 3 is 2.52 bits per heavy atom. The van der Waals surface area contributed by atoms with Gasteiger partial charge in [0.05, 0.1) is 6.61 Å². The van der Waals surface area contributed by atoms with Crippen molar-refractivity contribution in [1.82, 2.24) is 4.90 Å². The van der Waals surface area contributed by atoms with Crippen molar-refractivity contribution in [3.63, 3.8) is 0 Å². The summed E-state index contributed by atoms with van der Waals surface area (Å²) < 4.78 is 5.71. The van der Waals surface area contributed by atoms with Gasteiger partial charge in [-0.2, -0.15) is 0 Å². The summed E-state index contributed by atoms with van der Waals surface area (Å²) in [6.45, 7) is 7.64. The number of rotatable bonds is 6. The Labute approximate surface area is 134 Å². The van der Waals surface area contributed by atoms with E-state index < -0.39 is 0 Å². The summed E-state index contributed by atoms with van der Waals surface area (Å²) in [5.74, 6) is 0.929. The lowest BCUT2D eigenvalue weighted by Crippen LogP contribution is -3.00. The molecule has 0 saturated carbocycles. The lowest BCUT2D eigenvalue weighted by atomic mass is 10.1. The molecule has 1 aliphatic rings. The van der Waals surface area contributed by atoms with E-state index in [9.17, 15) is 4.79 Å². The van der Waals surface area contributed by atoms with Gasteiger partial charge in [-0.1, -0.05) is 13.3 Å². The fourth-order valence-corrected chi connectivity index (χ4v) is 2.63. The number of hydrogen-bond donors (Lipinski definition) is 0. The van der Waals surface area contributed by atoms with Crippen LogP contribution in [0, 0.1) is 0 Å². The highest BCUT2D eigenvalue weighted by Gasteiger charge is 2.12. The molecule has 21 heavy (non-hydrogen) atoms. The van der Waals surface area contributed by atoms with Crippen molar-refractivity contribution in [1.29, 1.82) is 0 Å². The third kappa shape index (κ3) is 5.68. The summed E-state index contributed by atoms with van der Waals surface area (Å²) in [6.07, 6.45) is 4.89. The lowest BCUT2D eigenvalue weighted by molar-refractivity contribution is -0.0000126. The van der Waals surface area contributed by atoms with Crippen molar-refractivity contribution in [3.05, 3.63) is 29.3 Å². The zero-order valence-electron chi connectivity index (χ0n) is 13.0. The number of carbonyl (C=O) groups excluding carboxylic acids is 1. The molecule has 0 atom stereocenters. The van der Waals surface area contributed by atoms with E-state index >= 15 is 0 Å². The molecule has 118 valence electrons. The molecule has 0 amide bonds. The van der Waals surface area contributed by atoms with Crippen molar-refractivity contribution in [3.8, 4) is 5.75 Å². The van der Waals surface area contributed by atoms with Gasteiger partial charge in [-0.15, -0.1) is 0 Å². The van der Waals surface area contributed by atoms with Crippen molar-refractivity contribution >= 4 is 5.78 Å². The number of benzene rings is 1. The molecule has 1 saturated heterocycles. The van der Waals surface area contributed by atoms with E-state index in [1.807, 2.05) is 12.1 Å². The van der Waals surface area contributed by atoms with Gasteiger partial charge in [-0.25, -0.2) is 0 Å². The molecule has 0 spiro atoms. The fraction of sp³-hybridized carbons (Fsp3) is 0.588. The highest BCUT2D eigenvalue weighted by Crippen LogP contribution is 2.21. The first-order valence-corrected chi connectivity index (χ1v) is 7.69. The van der Waals surface area contributed by atoms with Crippen LogP contribution >= 0.6 is 0 Å². The first kappa shape index (κ1) is 18.0. The summed E-state index contributed by atoms with van der Waals surface area (Å²) in [5.41, 5.74) is 1.94. The molecule has 0 radical (unpaired) electrons. The van der Waals surface area contributed by atoms with Crippen LogP contribution in [0.3, 0.4) is 0 Å². The monoisotopic (exact) mass is 310 g/mol. The number of ketones is 1. The topological polar surface area (TPSA) is 29.5 Å². The van der Waals surface area contributed by atoms with E-state index in [2.05, 4.69) is 17.9 Å². The van der Waals surface area contributed by atoms with Crippen molar-refractivity contribution in [2.75, 3.05) is 19.7 Å². The number of Topliss-reactive ketones (excluding diaryl/α,β-unsaturated/α-hetero) is 1. The number of piperidine rings is 1. The second kappa shape index (κ2) is 9.06. The number of likely N-dealkylation sites (tertiary alicyclic amines) is 1. The van der Waals surface area contributed by atoms with Crippen LogP contribution in [0.4, 0.5) is 0 Å². The molecule has 1 fully saturated rings. The van der Waals surface area contributed by atoms with Crippen molar-refractivity contribution < 1.29 is 21.9 Å². The Hall–Kier alpha value is -1.06. The molecule has 4 heteroatoms. The molecule has 0 N–H and O–H groups in total. The zero-order valence-corrected chi connectivity index (χ0v) is 13.8. The maximum absolute atomic E-state index is 11.6. The van der Waals surface area contributed by atoms with Gasteiger partial charge in [0.2, 0.25) is 0 Å². The Morgan fingerprint density at radius 2 is 1.90 bits per heavy atom. The number of carbonyl (C=O) groups is 1. The normalized spacial score (nSPS) is 15.3. The minimum Gasteiger partial charge on any atom is -1.00 e. The van der Waals surface area contributed by atoms with E-state index in [0.29, 0.717) is 6.61 Å². The smallest absolute Gasteiger partial charge is 0.159 e. The minimum atomic E-state index is 0. The van der Waals surface area contributed by atoms with Crippen LogP contribution in [-0.2, 0) is 6.54 Å². The first-order chi connectivity index (χ1) is 9.69. The lowest BCUT2D eigenvalue weighted by Gasteiger charge is -2.26. The molecule has 0 bridgehead atoms. The molecule has 0 aromatic heterocycles. The molecule has 1 aliphatic heterocycles. The highest BCUT2D eigenvalue weighted by atomic mass is 35.5. The second-order valence-corrected chi connectivity index (χ2v) is 5.61. The van der Waals surface area contributed by atoms with Crippen molar-refractivity contribution in [2.24, 2.45) is 0 Å². The largest absolute Gasteiger partial charge is 1.00 e. The van der Waals surface area contributed by atoms with Crippen LogP contribution in [0.2, 0.25) is 0 Å². The Morgan fingerprint density at radius 1 is 1.19 bits per heavy atom. The molecule has 3 nitrogen and oxygen atoms in total. The third-order valence-electron chi connectivity index (χ3n) is 3.70. The number of nitrogens with zero attached hydrogens (tertiary/aromatic N) is 1. The van der Waals surface area contributed by atoms with E-state index in [4.69, 9.17) is 4.74 Å². The minimum absolute atomic E-state index is 0.